The molecule has 4 N–H and O–H groups in total. The summed E-state index contributed by atoms with van der Waals surface area (Å²) in [6.07, 6.45) is 3.72. The summed E-state index contributed by atoms with van der Waals surface area (Å²) in [5.41, 5.74) is 1.27. The molecule has 0 atom stereocenters. The van der Waals surface area contributed by atoms with E-state index in [0.717, 1.165) is 19.4 Å². The molecule has 106 valence electrons. The highest BCUT2D eigenvalue weighted by atomic mass is 16.2. The highest BCUT2D eigenvalue weighted by molar-refractivity contribution is 5.87. The molecule has 0 unspecified atom stereocenters. The Kier molecular flexibility index (Phi) is 3.36. The predicted molar refractivity (Wildman–Crippen MR) is 75.5 cm³/mol. The molecule has 1 aliphatic carbocycles. The molecule has 20 heavy (non-hydrogen) atoms. The average molecular weight is 275 g/mol. The molecule has 0 saturated heterocycles. The third-order valence-electron chi connectivity index (χ3n) is 2.98. The Balaban J connectivity index is 1.74. The largest absolute Gasteiger partial charge is 0.359 e. The second kappa shape index (κ2) is 5.32. The fourth-order valence-electron chi connectivity index (χ4n) is 1.87. The van der Waals surface area contributed by atoms with Gasteiger partial charge in [0.15, 0.2) is 11.5 Å². The maximum atomic E-state index is 11.7. The second-order valence-corrected chi connectivity index (χ2v) is 4.72. The van der Waals surface area contributed by atoms with E-state index in [0.29, 0.717) is 29.0 Å². The molecule has 1 fully saturated rings. The molecule has 0 aromatic carbocycles. The number of anilines is 2. The molecule has 0 bridgehead atoms. The number of carbonyl (C=O) groups excluding carboxylic acids is 1. The quantitative estimate of drug-likeness (QED) is 0.610. The lowest BCUT2D eigenvalue weighted by molar-refractivity contribution is -0.119. The second-order valence-electron chi connectivity index (χ2n) is 4.72. The first-order valence-corrected chi connectivity index (χ1v) is 6.74. The van der Waals surface area contributed by atoms with E-state index in [4.69, 9.17) is 0 Å². The van der Waals surface area contributed by atoms with Gasteiger partial charge < -0.3 is 20.9 Å². The van der Waals surface area contributed by atoms with Gasteiger partial charge in [-0.25, -0.2) is 4.98 Å². The molecule has 3 rings (SSSR count). The van der Waals surface area contributed by atoms with Gasteiger partial charge in [0.25, 0.3) is 0 Å². The molecule has 1 aliphatic rings. The van der Waals surface area contributed by atoms with E-state index in [1.54, 1.807) is 6.33 Å². The van der Waals surface area contributed by atoms with Crippen LogP contribution in [-0.4, -0.2) is 45.0 Å². The lowest BCUT2D eigenvalue weighted by Crippen LogP contribution is -2.31. The van der Waals surface area contributed by atoms with E-state index in [9.17, 15) is 4.79 Å². The number of nitrogens with one attached hydrogen (secondary N) is 4. The summed E-state index contributed by atoms with van der Waals surface area (Å²) < 4.78 is 0. The first kappa shape index (κ1) is 12.6. The Morgan fingerprint density at radius 2 is 2.25 bits per heavy atom. The van der Waals surface area contributed by atoms with E-state index >= 15 is 0 Å². The molecular weight excluding hydrogens is 258 g/mol. The molecule has 0 aliphatic heterocycles. The number of nitrogens with zero attached hydrogens (tertiary/aromatic N) is 3. The topological polar surface area (TPSA) is 108 Å². The van der Waals surface area contributed by atoms with Crippen LogP contribution in [0.5, 0.6) is 0 Å². The number of rotatable bonds is 6. The smallest absolute Gasteiger partial charge is 0.239 e. The third kappa shape index (κ3) is 2.79. The van der Waals surface area contributed by atoms with Crippen molar-refractivity contribution in [2.24, 2.45) is 0 Å². The third-order valence-corrected chi connectivity index (χ3v) is 2.98. The lowest BCUT2D eigenvalue weighted by atomic mass is 10.4. The number of amides is 1. The van der Waals surface area contributed by atoms with Crippen molar-refractivity contribution in [3.05, 3.63) is 6.33 Å². The van der Waals surface area contributed by atoms with Gasteiger partial charge in [-0.05, 0) is 19.8 Å². The normalized spacial score (nSPS) is 14.2. The van der Waals surface area contributed by atoms with Gasteiger partial charge in [0.05, 0.1) is 12.9 Å². The molecule has 2 heterocycles. The van der Waals surface area contributed by atoms with Crippen LogP contribution >= 0.6 is 0 Å². The Labute approximate surface area is 115 Å². The summed E-state index contributed by atoms with van der Waals surface area (Å²) in [5.74, 6) is 1.05. The lowest BCUT2D eigenvalue weighted by Gasteiger charge is -2.08. The molecule has 2 aromatic rings. The highest BCUT2D eigenvalue weighted by Crippen LogP contribution is 2.19. The zero-order valence-corrected chi connectivity index (χ0v) is 11.2. The Hall–Kier alpha value is -2.38. The van der Waals surface area contributed by atoms with Crippen molar-refractivity contribution in [2.45, 2.75) is 25.8 Å². The van der Waals surface area contributed by atoms with E-state index in [2.05, 4.69) is 35.9 Å². The summed E-state index contributed by atoms with van der Waals surface area (Å²) in [5, 5.41) is 8.99. The van der Waals surface area contributed by atoms with Crippen molar-refractivity contribution in [1.29, 1.82) is 0 Å². The van der Waals surface area contributed by atoms with Crippen LogP contribution in [0.4, 0.5) is 11.8 Å². The zero-order chi connectivity index (χ0) is 13.9. The van der Waals surface area contributed by atoms with Crippen LogP contribution in [-0.2, 0) is 4.79 Å². The van der Waals surface area contributed by atoms with Crippen LogP contribution in [0.1, 0.15) is 19.8 Å². The minimum absolute atomic E-state index is 0.0243. The Morgan fingerprint density at radius 1 is 1.40 bits per heavy atom. The van der Waals surface area contributed by atoms with E-state index in [1.807, 2.05) is 6.92 Å². The number of aromatic nitrogens is 4. The molecule has 2 aromatic heterocycles. The van der Waals surface area contributed by atoms with Crippen LogP contribution in [0.15, 0.2) is 6.33 Å². The molecule has 0 spiro atoms. The van der Waals surface area contributed by atoms with Gasteiger partial charge >= 0.3 is 0 Å². The van der Waals surface area contributed by atoms with E-state index < -0.39 is 0 Å². The van der Waals surface area contributed by atoms with E-state index in [1.165, 1.54) is 0 Å². The van der Waals surface area contributed by atoms with Gasteiger partial charge in [-0.1, -0.05) is 0 Å². The Morgan fingerprint density at radius 3 is 3.00 bits per heavy atom. The van der Waals surface area contributed by atoms with Crippen molar-refractivity contribution in [1.82, 2.24) is 25.3 Å². The molecule has 8 nitrogen and oxygen atoms in total. The molecule has 1 amide bonds. The summed E-state index contributed by atoms with van der Waals surface area (Å²) in [4.78, 5) is 27.4. The van der Waals surface area contributed by atoms with Gasteiger partial charge in [0, 0.05) is 12.6 Å². The summed E-state index contributed by atoms with van der Waals surface area (Å²) in [6.45, 7) is 2.87. The Bertz CT molecular complexity index is 619. The van der Waals surface area contributed by atoms with Crippen LogP contribution < -0.4 is 16.0 Å². The maximum Gasteiger partial charge on any atom is 0.239 e. The fourth-order valence-corrected chi connectivity index (χ4v) is 1.87. The standard InChI is InChI=1S/C12H17N7O/c1-2-13-12-18-10(9-11(19-12)16-6-15-9)14-5-8(20)17-7-3-4-7/h6-7H,2-5H2,1H3,(H,17,20)(H3,13,14,15,16,18,19). The number of imidazole rings is 1. The molecular formula is C12H17N7O. The number of hydrogen-bond acceptors (Lipinski definition) is 6. The molecule has 1 saturated carbocycles. The number of aromatic amines is 1. The van der Waals surface area contributed by atoms with Gasteiger partial charge in [-0.15, -0.1) is 0 Å². The van der Waals surface area contributed by atoms with Crippen molar-refractivity contribution in [3.63, 3.8) is 0 Å². The zero-order valence-electron chi connectivity index (χ0n) is 11.2. The number of fused-ring (bicyclic) bond motifs is 1. The van der Waals surface area contributed by atoms with Crippen LogP contribution in [0, 0.1) is 0 Å². The summed E-state index contributed by atoms with van der Waals surface area (Å²) >= 11 is 0. The van der Waals surface area contributed by atoms with Gasteiger partial charge in [0.1, 0.15) is 5.52 Å². The van der Waals surface area contributed by atoms with Gasteiger partial charge in [-0.3, -0.25) is 4.79 Å². The summed E-state index contributed by atoms with van der Waals surface area (Å²) in [7, 11) is 0. The van der Waals surface area contributed by atoms with Crippen molar-refractivity contribution in [2.75, 3.05) is 23.7 Å². The summed E-state index contributed by atoms with van der Waals surface area (Å²) in [6, 6.07) is 0.360. The number of hydrogen-bond donors (Lipinski definition) is 4. The first-order valence-electron chi connectivity index (χ1n) is 6.74. The van der Waals surface area contributed by atoms with Crippen LogP contribution in [0.25, 0.3) is 11.2 Å². The minimum atomic E-state index is -0.0243. The highest BCUT2D eigenvalue weighted by Gasteiger charge is 2.23. The van der Waals surface area contributed by atoms with Crippen LogP contribution in [0.3, 0.4) is 0 Å². The molecule has 8 heteroatoms. The van der Waals surface area contributed by atoms with Gasteiger partial charge in [-0.2, -0.15) is 9.97 Å². The minimum Gasteiger partial charge on any atom is -0.359 e. The maximum absolute atomic E-state index is 11.7. The SMILES string of the molecule is CCNc1nc(NCC(=O)NC2CC2)c2[nH]cnc2n1. The van der Waals surface area contributed by atoms with Gasteiger partial charge in [0.2, 0.25) is 11.9 Å². The number of H-pyrrole nitrogens is 1. The van der Waals surface area contributed by atoms with E-state index in [-0.39, 0.29) is 12.5 Å². The van der Waals surface area contributed by atoms with Crippen LogP contribution in [0.2, 0.25) is 0 Å². The number of carbonyl (C=O) groups is 1. The predicted octanol–water partition coefficient (Wildman–Crippen LogP) is 0.475. The van der Waals surface area contributed by atoms with Crippen molar-refractivity contribution in [3.8, 4) is 0 Å². The van der Waals surface area contributed by atoms with Crippen molar-refractivity contribution < 1.29 is 4.79 Å². The fraction of sp³-hybridized carbons (Fsp3) is 0.500. The first-order chi connectivity index (χ1) is 9.76. The van der Waals surface area contributed by atoms with Crippen molar-refractivity contribution >= 4 is 28.8 Å². The average Bonchev–Trinajstić information content (AvgIpc) is 3.11. The molecule has 0 radical (unpaired) electrons. The monoisotopic (exact) mass is 275 g/mol.